The molecular weight excluding hydrogens is 560 g/mol. The Morgan fingerprint density at radius 2 is 1.89 bits per heavy atom. The fraction of sp³-hybridized carbons (Fsp3) is 0.167. The van der Waals surface area contributed by atoms with Crippen LogP contribution in [0.5, 0.6) is 0 Å². The highest BCUT2D eigenvalue weighted by Gasteiger charge is 2.41. The van der Waals surface area contributed by atoms with Gasteiger partial charge < -0.3 is 5.11 Å². The number of aliphatic hydroxyl groups is 1. The van der Waals surface area contributed by atoms with Crippen molar-refractivity contribution in [1.29, 1.82) is 0 Å². The second-order valence-corrected chi connectivity index (χ2v) is 11.7. The van der Waals surface area contributed by atoms with E-state index < -0.39 is 38.7 Å². The number of sulfone groups is 1. The lowest BCUT2D eigenvalue weighted by Crippen LogP contribution is -2.43. The first-order chi connectivity index (χ1) is 18.0. The summed E-state index contributed by atoms with van der Waals surface area (Å²) in [5.41, 5.74) is -3.07. The summed E-state index contributed by atoms with van der Waals surface area (Å²) in [5, 5.41) is 17.5. The molecule has 5 aromatic rings. The van der Waals surface area contributed by atoms with Gasteiger partial charge in [0, 0.05) is 22.0 Å². The predicted molar refractivity (Wildman–Crippen MR) is 136 cm³/mol. The van der Waals surface area contributed by atoms with E-state index in [4.69, 9.17) is 11.6 Å². The SMILES string of the molecule is C[C@@H](n1cnc2c(S(=O)(=O)c3ccc(Cl)cc3)csc2c1=O)[C@](O)(Cn1cncn1)c1ccc(F)cc1F. The largest absolute Gasteiger partial charge is 0.381 e. The molecule has 0 bridgehead atoms. The summed E-state index contributed by atoms with van der Waals surface area (Å²) in [4.78, 5) is 21.4. The van der Waals surface area contributed by atoms with Crippen molar-refractivity contribution in [3.8, 4) is 0 Å². The Labute approximate surface area is 223 Å². The van der Waals surface area contributed by atoms with Crippen molar-refractivity contribution in [2.75, 3.05) is 0 Å². The summed E-state index contributed by atoms with van der Waals surface area (Å²) >= 11 is 6.75. The molecule has 0 aliphatic carbocycles. The van der Waals surface area contributed by atoms with Crippen LogP contribution in [0.3, 0.4) is 0 Å². The molecular formula is C24H18ClF2N5O4S2. The molecule has 0 saturated carbocycles. The maximum Gasteiger partial charge on any atom is 0.271 e. The number of fused-ring (bicyclic) bond motifs is 1. The first-order valence-electron chi connectivity index (χ1n) is 11.0. The van der Waals surface area contributed by atoms with Gasteiger partial charge in [-0.15, -0.1) is 11.3 Å². The molecule has 0 unspecified atom stereocenters. The molecule has 0 saturated heterocycles. The molecule has 3 heterocycles. The number of aromatic nitrogens is 5. The Balaban J connectivity index is 1.62. The summed E-state index contributed by atoms with van der Waals surface area (Å²) in [6.07, 6.45) is 3.62. The van der Waals surface area contributed by atoms with E-state index in [9.17, 15) is 27.1 Å². The van der Waals surface area contributed by atoms with Gasteiger partial charge in [0.25, 0.3) is 5.56 Å². The van der Waals surface area contributed by atoms with E-state index in [0.29, 0.717) is 11.1 Å². The Kier molecular flexibility index (Phi) is 6.63. The third-order valence-electron chi connectivity index (χ3n) is 6.26. The van der Waals surface area contributed by atoms with Crippen LogP contribution in [0.2, 0.25) is 5.02 Å². The molecule has 0 aliphatic heterocycles. The van der Waals surface area contributed by atoms with Crippen molar-refractivity contribution in [2.45, 2.75) is 34.9 Å². The van der Waals surface area contributed by atoms with E-state index in [1.54, 1.807) is 0 Å². The highest BCUT2D eigenvalue weighted by Crippen LogP contribution is 2.37. The smallest absolute Gasteiger partial charge is 0.271 e. The molecule has 196 valence electrons. The zero-order valence-corrected chi connectivity index (χ0v) is 21.9. The Morgan fingerprint density at radius 1 is 1.16 bits per heavy atom. The highest BCUT2D eigenvalue weighted by molar-refractivity contribution is 7.92. The lowest BCUT2D eigenvalue weighted by molar-refractivity contribution is -0.0343. The van der Waals surface area contributed by atoms with Crippen LogP contribution in [0, 0.1) is 11.6 Å². The van der Waals surface area contributed by atoms with Crippen LogP contribution >= 0.6 is 22.9 Å². The molecule has 9 nitrogen and oxygen atoms in total. The molecule has 3 aromatic heterocycles. The van der Waals surface area contributed by atoms with Gasteiger partial charge in [-0.05, 0) is 37.3 Å². The zero-order valence-electron chi connectivity index (χ0n) is 19.5. The third kappa shape index (κ3) is 4.41. The fourth-order valence-corrected chi connectivity index (χ4v) is 7.00. The van der Waals surface area contributed by atoms with Crippen LogP contribution in [0.1, 0.15) is 18.5 Å². The van der Waals surface area contributed by atoms with Gasteiger partial charge in [0.15, 0.2) is 0 Å². The normalized spacial score (nSPS) is 14.4. The highest BCUT2D eigenvalue weighted by atomic mass is 35.5. The van der Waals surface area contributed by atoms with E-state index in [0.717, 1.165) is 34.4 Å². The predicted octanol–water partition coefficient (Wildman–Crippen LogP) is 3.96. The second-order valence-electron chi connectivity index (χ2n) is 8.51. The molecule has 14 heteroatoms. The molecule has 38 heavy (non-hydrogen) atoms. The lowest BCUT2D eigenvalue weighted by Gasteiger charge is -2.35. The minimum atomic E-state index is -4.02. The van der Waals surface area contributed by atoms with E-state index in [2.05, 4.69) is 15.1 Å². The van der Waals surface area contributed by atoms with E-state index in [1.807, 2.05) is 0 Å². The fourth-order valence-electron chi connectivity index (χ4n) is 4.18. The summed E-state index contributed by atoms with van der Waals surface area (Å²) in [7, 11) is -4.02. The monoisotopic (exact) mass is 577 g/mol. The van der Waals surface area contributed by atoms with Crippen molar-refractivity contribution in [1.82, 2.24) is 24.3 Å². The quantitative estimate of drug-likeness (QED) is 0.311. The van der Waals surface area contributed by atoms with Crippen LogP contribution in [0.25, 0.3) is 10.2 Å². The van der Waals surface area contributed by atoms with Gasteiger partial charge in [-0.2, -0.15) is 5.10 Å². The van der Waals surface area contributed by atoms with E-state index >= 15 is 0 Å². The Morgan fingerprint density at radius 3 is 2.55 bits per heavy atom. The molecule has 0 fully saturated rings. The molecule has 2 atom stereocenters. The average Bonchev–Trinajstić information content (AvgIpc) is 3.54. The van der Waals surface area contributed by atoms with Crippen molar-refractivity contribution < 1.29 is 22.3 Å². The molecule has 0 spiro atoms. The average molecular weight is 578 g/mol. The number of rotatable bonds is 7. The maximum absolute atomic E-state index is 14.9. The zero-order chi connectivity index (χ0) is 27.2. The van der Waals surface area contributed by atoms with Gasteiger partial charge in [-0.3, -0.25) is 9.36 Å². The van der Waals surface area contributed by atoms with Crippen LogP contribution < -0.4 is 5.56 Å². The van der Waals surface area contributed by atoms with Crippen molar-refractivity contribution in [2.24, 2.45) is 0 Å². The first kappa shape index (κ1) is 26.1. The minimum absolute atomic E-state index is 0.0186. The number of nitrogens with zero attached hydrogens (tertiary/aromatic N) is 5. The minimum Gasteiger partial charge on any atom is -0.381 e. The van der Waals surface area contributed by atoms with Gasteiger partial charge in [-0.1, -0.05) is 17.7 Å². The molecule has 1 N–H and O–H groups in total. The van der Waals surface area contributed by atoms with Crippen molar-refractivity contribution >= 4 is 43.0 Å². The Bertz CT molecular complexity index is 1810. The molecule has 0 amide bonds. The number of halogens is 3. The van der Waals surface area contributed by atoms with Gasteiger partial charge in [0.05, 0.1) is 23.8 Å². The van der Waals surface area contributed by atoms with E-state index in [1.165, 1.54) is 53.9 Å². The molecule has 2 aromatic carbocycles. The number of hydrogen-bond acceptors (Lipinski definition) is 8. The van der Waals surface area contributed by atoms with Crippen LogP contribution in [-0.2, 0) is 22.0 Å². The van der Waals surface area contributed by atoms with Gasteiger partial charge in [0.2, 0.25) is 9.84 Å². The topological polar surface area (TPSA) is 120 Å². The standard InChI is InChI=1S/C24H18ClF2N5O4S2/c1-14(24(34,10-31-12-28-11-30-31)18-7-4-16(26)8-19(18)27)32-13-29-21-20(9-37-22(21)23(32)33)38(35,36)17-5-2-15(25)3-6-17/h2-9,11-14,34H,10H2,1H3/t14-,24-/m1/s1. The first-order valence-corrected chi connectivity index (χ1v) is 13.8. The maximum atomic E-state index is 14.9. The third-order valence-corrected chi connectivity index (χ3v) is 9.40. The molecule has 5 rings (SSSR count). The number of benzene rings is 2. The van der Waals surface area contributed by atoms with Crippen LogP contribution in [0.15, 0.2) is 81.4 Å². The summed E-state index contributed by atoms with van der Waals surface area (Å²) in [5.74, 6) is -1.86. The number of hydrogen-bond donors (Lipinski definition) is 1. The molecule has 0 radical (unpaired) electrons. The van der Waals surface area contributed by atoms with Crippen molar-refractivity contribution in [3.05, 3.63) is 99.4 Å². The molecule has 0 aliphatic rings. The number of thiophene rings is 1. The van der Waals surface area contributed by atoms with E-state index in [-0.39, 0.29) is 32.1 Å². The van der Waals surface area contributed by atoms with Gasteiger partial charge >= 0.3 is 0 Å². The summed E-state index contributed by atoms with van der Waals surface area (Å²) < 4.78 is 57.4. The second kappa shape index (κ2) is 9.66. The van der Waals surface area contributed by atoms with Crippen molar-refractivity contribution in [3.63, 3.8) is 0 Å². The van der Waals surface area contributed by atoms with Gasteiger partial charge in [-0.25, -0.2) is 31.8 Å². The van der Waals surface area contributed by atoms with Gasteiger partial charge in [0.1, 0.15) is 45.0 Å². The summed E-state index contributed by atoms with van der Waals surface area (Å²) in [6, 6.07) is 7.15. The lowest BCUT2D eigenvalue weighted by atomic mass is 9.86. The summed E-state index contributed by atoms with van der Waals surface area (Å²) in [6.45, 7) is 1.13. The van der Waals surface area contributed by atoms with Crippen LogP contribution in [-0.4, -0.2) is 37.8 Å². The Hall–Kier alpha value is -3.52. The van der Waals surface area contributed by atoms with Crippen LogP contribution in [0.4, 0.5) is 8.78 Å².